The molecule has 0 atom stereocenters. The third-order valence-electron chi connectivity index (χ3n) is 3.15. The summed E-state index contributed by atoms with van der Waals surface area (Å²) in [5, 5.41) is 0. The molecule has 1 heterocycles. The normalized spacial score (nSPS) is 22.6. The maximum Gasteiger partial charge on any atom is 0.494 e. The van der Waals surface area contributed by atoms with Crippen LogP contribution in [-0.4, -0.2) is 24.6 Å². The SMILES string of the molecule is C/C=C\C(=C/C=O)B1OC(C)(C)C(C)(C)O1.[W]. The fourth-order valence-electron chi connectivity index (χ4n) is 1.46. The van der Waals surface area contributed by atoms with Gasteiger partial charge in [-0.3, -0.25) is 4.79 Å². The minimum absolute atomic E-state index is 0. The molecular formula is C12H19BO3W. The Morgan fingerprint density at radius 2 is 1.59 bits per heavy atom. The van der Waals surface area contributed by atoms with E-state index in [1.54, 1.807) is 0 Å². The monoisotopic (exact) mass is 406 g/mol. The van der Waals surface area contributed by atoms with Crippen molar-refractivity contribution in [2.24, 2.45) is 0 Å². The summed E-state index contributed by atoms with van der Waals surface area (Å²) in [5.74, 6) is 0. The van der Waals surface area contributed by atoms with Crippen LogP contribution in [0, 0.1) is 0 Å². The molecule has 0 aromatic heterocycles. The molecule has 0 aliphatic carbocycles. The quantitative estimate of drug-likeness (QED) is 0.313. The molecule has 94 valence electrons. The molecule has 1 aliphatic heterocycles. The van der Waals surface area contributed by atoms with E-state index in [1.807, 2.05) is 46.8 Å². The molecule has 0 amide bonds. The second kappa shape index (κ2) is 6.13. The Morgan fingerprint density at radius 3 is 1.94 bits per heavy atom. The fraction of sp³-hybridized carbons (Fsp3) is 0.583. The van der Waals surface area contributed by atoms with Gasteiger partial charge in [0.25, 0.3) is 0 Å². The molecule has 17 heavy (non-hydrogen) atoms. The second-order valence-corrected chi connectivity index (χ2v) is 4.89. The summed E-state index contributed by atoms with van der Waals surface area (Å²) in [7, 11) is -0.466. The van der Waals surface area contributed by atoms with Crippen molar-refractivity contribution in [2.75, 3.05) is 0 Å². The smallest absolute Gasteiger partial charge is 0.399 e. The predicted octanol–water partition coefficient (Wildman–Crippen LogP) is 2.32. The van der Waals surface area contributed by atoms with Crippen LogP contribution in [-0.2, 0) is 35.2 Å². The van der Waals surface area contributed by atoms with Crippen LogP contribution < -0.4 is 0 Å². The zero-order chi connectivity index (χ0) is 12.4. The van der Waals surface area contributed by atoms with E-state index < -0.39 is 7.12 Å². The van der Waals surface area contributed by atoms with Crippen molar-refractivity contribution in [1.29, 1.82) is 0 Å². The molecule has 0 unspecified atom stereocenters. The molecular weight excluding hydrogens is 387 g/mol. The fourth-order valence-corrected chi connectivity index (χ4v) is 1.46. The van der Waals surface area contributed by atoms with Gasteiger partial charge in [-0.2, -0.15) is 0 Å². The molecule has 0 spiro atoms. The summed E-state index contributed by atoms with van der Waals surface area (Å²) in [4.78, 5) is 10.5. The molecule has 1 saturated heterocycles. The Kier molecular flexibility index (Phi) is 6.06. The molecule has 0 aromatic carbocycles. The summed E-state index contributed by atoms with van der Waals surface area (Å²) in [6.07, 6.45) is 5.92. The van der Waals surface area contributed by atoms with Gasteiger partial charge in [0.05, 0.1) is 11.2 Å². The average Bonchev–Trinajstić information content (AvgIpc) is 2.36. The van der Waals surface area contributed by atoms with Crippen molar-refractivity contribution in [3.63, 3.8) is 0 Å². The first-order valence-corrected chi connectivity index (χ1v) is 5.48. The standard InChI is InChI=1S/C12H19BO3.W/c1-6-7-10(8-9-14)13-15-11(2,3)12(4,5)16-13;/h6-9H,1-5H3;/b7-6-,10-8+;. The Labute approximate surface area is 118 Å². The van der Waals surface area contributed by atoms with Crippen LogP contribution >= 0.6 is 0 Å². The van der Waals surface area contributed by atoms with Crippen LogP contribution in [0.15, 0.2) is 23.7 Å². The van der Waals surface area contributed by atoms with Gasteiger partial charge in [-0.15, -0.1) is 0 Å². The minimum Gasteiger partial charge on any atom is -0.399 e. The van der Waals surface area contributed by atoms with Gasteiger partial charge in [0.2, 0.25) is 0 Å². The van der Waals surface area contributed by atoms with Gasteiger partial charge in [0, 0.05) is 21.1 Å². The first kappa shape index (κ1) is 16.8. The van der Waals surface area contributed by atoms with Crippen molar-refractivity contribution in [3.8, 4) is 0 Å². The van der Waals surface area contributed by atoms with Crippen LogP contribution in [0.25, 0.3) is 0 Å². The van der Waals surface area contributed by atoms with E-state index in [9.17, 15) is 4.79 Å². The Hall–Kier alpha value is -0.177. The van der Waals surface area contributed by atoms with Crippen LogP contribution in [0.3, 0.4) is 0 Å². The largest absolute Gasteiger partial charge is 0.494 e. The molecule has 0 aromatic rings. The van der Waals surface area contributed by atoms with E-state index in [4.69, 9.17) is 9.31 Å². The zero-order valence-electron chi connectivity index (χ0n) is 11.0. The molecule has 0 N–H and O–H groups in total. The summed E-state index contributed by atoms with van der Waals surface area (Å²) in [5.41, 5.74) is -0.00114. The Morgan fingerprint density at radius 1 is 1.12 bits per heavy atom. The number of carbonyl (C=O) groups excluding carboxylic acids is 1. The first-order chi connectivity index (χ1) is 7.34. The van der Waals surface area contributed by atoms with Crippen molar-refractivity contribution < 1.29 is 35.2 Å². The summed E-state index contributed by atoms with van der Waals surface area (Å²) < 4.78 is 11.7. The topological polar surface area (TPSA) is 35.5 Å². The number of carbonyl (C=O) groups is 1. The van der Waals surface area contributed by atoms with Gasteiger partial charge in [0.1, 0.15) is 6.29 Å². The predicted molar refractivity (Wildman–Crippen MR) is 65.0 cm³/mol. The molecule has 0 saturated carbocycles. The van der Waals surface area contributed by atoms with E-state index in [2.05, 4.69) is 0 Å². The molecule has 1 aliphatic rings. The van der Waals surface area contributed by atoms with E-state index in [1.165, 1.54) is 6.08 Å². The second-order valence-electron chi connectivity index (χ2n) is 4.89. The van der Waals surface area contributed by atoms with Gasteiger partial charge < -0.3 is 9.31 Å². The van der Waals surface area contributed by atoms with E-state index in [0.29, 0.717) is 0 Å². The van der Waals surface area contributed by atoms with Gasteiger partial charge in [-0.05, 0) is 46.2 Å². The molecule has 5 heteroatoms. The number of aldehydes is 1. The van der Waals surface area contributed by atoms with Crippen molar-refractivity contribution >= 4 is 13.4 Å². The Balaban J connectivity index is 0.00000256. The Bertz CT molecular complexity index is 319. The van der Waals surface area contributed by atoms with Crippen LogP contribution in [0.2, 0.25) is 0 Å². The number of hydrogen-bond acceptors (Lipinski definition) is 3. The first-order valence-electron chi connectivity index (χ1n) is 5.48. The van der Waals surface area contributed by atoms with Crippen LogP contribution in [0.1, 0.15) is 34.6 Å². The zero-order valence-corrected chi connectivity index (χ0v) is 14.0. The van der Waals surface area contributed by atoms with Crippen molar-refractivity contribution in [1.82, 2.24) is 0 Å². The third-order valence-corrected chi connectivity index (χ3v) is 3.15. The van der Waals surface area contributed by atoms with Gasteiger partial charge in [-0.1, -0.05) is 12.2 Å². The van der Waals surface area contributed by atoms with Crippen molar-refractivity contribution in [2.45, 2.75) is 45.8 Å². The summed E-state index contributed by atoms with van der Waals surface area (Å²) in [6.45, 7) is 9.84. The van der Waals surface area contributed by atoms with E-state index in [-0.39, 0.29) is 32.3 Å². The number of allylic oxidation sites excluding steroid dienone is 4. The van der Waals surface area contributed by atoms with Crippen LogP contribution in [0.5, 0.6) is 0 Å². The van der Waals surface area contributed by atoms with Crippen LogP contribution in [0.4, 0.5) is 0 Å². The molecule has 0 bridgehead atoms. The maximum absolute atomic E-state index is 10.5. The van der Waals surface area contributed by atoms with E-state index in [0.717, 1.165) is 11.8 Å². The molecule has 3 nitrogen and oxygen atoms in total. The third kappa shape index (κ3) is 3.64. The number of hydrogen-bond donors (Lipinski definition) is 0. The molecule has 0 radical (unpaired) electrons. The van der Waals surface area contributed by atoms with E-state index >= 15 is 0 Å². The summed E-state index contributed by atoms with van der Waals surface area (Å²) >= 11 is 0. The molecule has 1 rings (SSSR count). The van der Waals surface area contributed by atoms with Gasteiger partial charge >= 0.3 is 7.12 Å². The molecule has 1 fully saturated rings. The van der Waals surface area contributed by atoms with Crippen molar-refractivity contribution in [3.05, 3.63) is 23.7 Å². The maximum atomic E-state index is 10.5. The van der Waals surface area contributed by atoms with Gasteiger partial charge in [0.15, 0.2) is 0 Å². The number of rotatable bonds is 3. The van der Waals surface area contributed by atoms with Gasteiger partial charge in [-0.25, -0.2) is 0 Å². The summed E-state index contributed by atoms with van der Waals surface area (Å²) in [6, 6.07) is 0. The minimum atomic E-state index is -0.466. The average molecular weight is 406 g/mol.